The molecule has 0 aliphatic heterocycles. The Morgan fingerprint density at radius 3 is 0.870 bits per heavy atom. The first kappa shape index (κ1) is 38.7. The summed E-state index contributed by atoms with van der Waals surface area (Å²) < 4.78 is 105. The van der Waals surface area contributed by atoms with Gasteiger partial charge in [0, 0.05) is 59.1 Å². The summed E-state index contributed by atoms with van der Waals surface area (Å²) in [6, 6.07) is 16.4. The number of aromatic hydroxyl groups is 4. The summed E-state index contributed by atoms with van der Waals surface area (Å²) >= 11 is 0. The van der Waals surface area contributed by atoms with Gasteiger partial charge in [-0.1, -0.05) is 45.0 Å². The molecule has 0 heterocycles. The smallest absolute Gasteiger partial charge is 0.294 e. The maximum atomic E-state index is 12.5. The Bertz CT molecular complexity index is 2560. The Morgan fingerprint density at radius 1 is 0.407 bits per heavy atom. The third-order valence-electron chi connectivity index (χ3n) is 9.49. The van der Waals surface area contributed by atoms with Crippen LogP contribution in [-0.4, -0.2) is 59.3 Å². The SMILES string of the molecule is CC(C)(C)c1ccc(-c2cc3c(O)c(c2)Cc2cc(S(=O)(=O)O)cc(c2O)Cc2cc(S(=O)(=O)O)cc(c2O)Cc2cc(S(=O)(=O)O)cc(c2O)C3)cc1. The maximum absolute atomic E-state index is 12.5. The molecule has 0 saturated heterocycles. The van der Waals surface area contributed by atoms with Gasteiger partial charge in [0.15, 0.2) is 0 Å². The Morgan fingerprint density at radius 2 is 0.648 bits per heavy atom. The van der Waals surface area contributed by atoms with Gasteiger partial charge >= 0.3 is 0 Å². The Kier molecular flexibility index (Phi) is 9.62. The lowest BCUT2D eigenvalue weighted by molar-refractivity contribution is 0.449. The fourth-order valence-electron chi connectivity index (χ4n) is 6.62. The van der Waals surface area contributed by atoms with Crippen LogP contribution >= 0.6 is 0 Å². The van der Waals surface area contributed by atoms with E-state index >= 15 is 0 Å². The topological polar surface area (TPSA) is 244 Å². The molecule has 5 aromatic carbocycles. The molecule has 0 spiro atoms. The van der Waals surface area contributed by atoms with Crippen LogP contribution in [0.3, 0.4) is 0 Å². The van der Waals surface area contributed by atoms with Crippen molar-refractivity contribution in [1.82, 2.24) is 0 Å². The van der Waals surface area contributed by atoms with E-state index in [4.69, 9.17) is 0 Å². The molecule has 284 valence electrons. The zero-order chi connectivity index (χ0) is 39.7. The monoisotopic (exact) mass is 796 g/mol. The van der Waals surface area contributed by atoms with E-state index in [1.54, 1.807) is 12.1 Å². The van der Waals surface area contributed by atoms with Gasteiger partial charge < -0.3 is 20.4 Å². The van der Waals surface area contributed by atoms with Crippen LogP contribution in [0.2, 0.25) is 0 Å². The number of phenols is 4. The molecule has 0 amide bonds. The summed E-state index contributed by atoms with van der Waals surface area (Å²) in [6.07, 6.45) is -1.83. The highest BCUT2D eigenvalue weighted by Crippen LogP contribution is 2.41. The quantitative estimate of drug-likeness (QED) is 0.103. The van der Waals surface area contributed by atoms with E-state index < -0.39 is 75.1 Å². The Labute approximate surface area is 312 Å². The minimum Gasteiger partial charge on any atom is -0.507 e. The van der Waals surface area contributed by atoms with Gasteiger partial charge in [0.2, 0.25) is 0 Å². The third kappa shape index (κ3) is 7.80. The van der Waals surface area contributed by atoms with Gasteiger partial charge in [-0.25, -0.2) is 0 Å². The predicted molar refractivity (Wildman–Crippen MR) is 197 cm³/mol. The van der Waals surface area contributed by atoms with E-state index in [1.165, 1.54) is 0 Å². The van der Waals surface area contributed by atoms with E-state index in [2.05, 4.69) is 0 Å². The molecule has 1 aliphatic carbocycles. The second kappa shape index (κ2) is 13.4. The molecule has 13 nitrogen and oxygen atoms in total. The molecule has 6 rings (SSSR count). The van der Waals surface area contributed by atoms with Crippen molar-refractivity contribution < 1.29 is 59.3 Å². The minimum atomic E-state index is -4.96. The predicted octanol–water partition coefficient (Wildman–Crippen LogP) is 5.89. The van der Waals surface area contributed by atoms with Gasteiger partial charge in [0.1, 0.15) is 23.0 Å². The average Bonchev–Trinajstić information content (AvgIpc) is 3.05. The number of fused-ring (bicyclic) bond motifs is 8. The lowest BCUT2D eigenvalue weighted by atomic mass is 9.85. The normalized spacial score (nSPS) is 13.8. The second-order valence-corrected chi connectivity index (χ2v) is 18.6. The van der Waals surface area contributed by atoms with Gasteiger partial charge in [0.05, 0.1) is 14.7 Å². The molecule has 5 aromatic rings. The van der Waals surface area contributed by atoms with Crippen LogP contribution in [-0.2, 0) is 61.5 Å². The number of rotatable bonds is 4. The largest absolute Gasteiger partial charge is 0.507 e. The van der Waals surface area contributed by atoms with Gasteiger partial charge in [-0.2, -0.15) is 25.3 Å². The van der Waals surface area contributed by atoms with E-state index in [0.717, 1.165) is 42.0 Å². The van der Waals surface area contributed by atoms with Gasteiger partial charge in [-0.15, -0.1) is 0 Å². The van der Waals surface area contributed by atoms with Crippen molar-refractivity contribution in [3.63, 3.8) is 0 Å². The highest BCUT2D eigenvalue weighted by atomic mass is 32.2. The molecule has 1 aliphatic rings. The summed E-state index contributed by atoms with van der Waals surface area (Å²) in [5.74, 6) is -1.98. The molecule has 54 heavy (non-hydrogen) atoms. The number of hydrogen-bond acceptors (Lipinski definition) is 10. The van der Waals surface area contributed by atoms with Gasteiger partial charge in [-0.05, 0) is 81.8 Å². The van der Waals surface area contributed by atoms with E-state index in [9.17, 15) is 59.3 Å². The molecule has 0 fully saturated rings. The fraction of sp³-hybridized carbons (Fsp3) is 0.211. The zero-order valence-corrected chi connectivity index (χ0v) is 31.5. The van der Waals surface area contributed by atoms with Crippen LogP contribution in [0.15, 0.2) is 87.5 Å². The van der Waals surface area contributed by atoms with Crippen molar-refractivity contribution in [1.29, 1.82) is 0 Å². The first-order chi connectivity index (χ1) is 24.9. The molecule has 0 atom stereocenters. The molecular formula is C38H36O13S3. The summed E-state index contributed by atoms with van der Waals surface area (Å²) in [5.41, 5.74) is 1.29. The molecule has 0 unspecified atom stereocenters. The minimum absolute atomic E-state index is 0.0992. The van der Waals surface area contributed by atoms with Crippen molar-refractivity contribution in [2.24, 2.45) is 0 Å². The van der Waals surface area contributed by atoms with Crippen LogP contribution in [0.1, 0.15) is 70.8 Å². The van der Waals surface area contributed by atoms with Crippen LogP contribution in [0.4, 0.5) is 0 Å². The lowest BCUT2D eigenvalue weighted by Gasteiger charge is -2.20. The molecule has 7 N–H and O–H groups in total. The van der Waals surface area contributed by atoms with Crippen LogP contribution in [0.5, 0.6) is 23.0 Å². The summed E-state index contributed by atoms with van der Waals surface area (Å²) in [7, 11) is -14.8. The Hall–Kier alpha value is -4.97. The van der Waals surface area contributed by atoms with Crippen LogP contribution in [0, 0.1) is 0 Å². The second-order valence-electron chi connectivity index (χ2n) is 14.4. The number of phenolic OH excluding ortho intramolecular Hbond substituents is 4. The van der Waals surface area contributed by atoms with Crippen molar-refractivity contribution in [3.05, 3.63) is 123 Å². The third-order valence-corrected chi connectivity index (χ3v) is 12.0. The summed E-state index contributed by atoms with van der Waals surface area (Å²) in [5, 5.41) is 46.2. The molecular weight excluding hydrogens is 761 g/mol. The highest BCUT2D eigenvalue weighted by molar-refractivity contribution is 7.86. The maximum Gasteiger partial charge on any atom is 0.294 e. The number of hydrogen-bond donors (Lipinski definition) is 7. The van der Waals surface area contributed by atoms with E-state index in [1.807, 2.05) is 45.0 Å². The molecule has 0 saturated carbocycles. The van der Waals surface area contributed by atoms with Crippen molar-refractivity contribution in [2.45, 2.75) is 66.6 Å². The van der Waals surface area contributed by atoms with Crippen molar-refractivity contribution in [3.8, 4) is 34.1 Å². The average molecular weight is 797 g/mol. The molecule has 0 aromatic heterocycles. The standard InChI is InChI=1S/C38H36O13S3/c1-38(2,3)30-6-4-20(5-7-30)21-8-22-10-24-14-31(52(43,44)45)16-26(35(24)40)12-28-18-33(54(49,50)51)19-29(37(28)42)13-27-17-32(53(46,47)48)15-25(36(27)41)11-23(9-21)34(22)39/h4-9,14-19,39-42H,10-13H2,1-3H3,(H,43,44,45)(H,46,47,48)(H,49,50,51). The highest BCUT2D eigenvalue weighted by Gasteiger charge is 2.26. The molecule has 0 radical (unpaired) electrons. The summed E-state index contributed by atoms with van der Waals surface area (Å²) in [6.45, 7) is 6.14. The van der Waals surface area contributed by atoms with E-state index in [-0.39, 0.29) is 68.5 Å². The fourth-order valence-corrected chi connectivity index (χ4v) is 8.37. The summed E-state index contributed by atoms with van der Waals surface area (Å²) in [4.78, 5) is -2.03. The van der Waals surface area contributed by atoms with E-state index in [0.29, 0.717) is 11.1 Å². The Balaban J connectivity index is 1.69. The van der Waals surface area contributed by atoms with Gasteiger partial charge in [0.25, 0.3) is 30.4 Å². The first-order valence-electron chi connectivity index (χ1n) is 16.3. The number of benzene rings is 5. The zero-order valence-electron chi connectivity index (χ0n) is 29.1. The van der Waals surface area contributed by atoms with Crippen molar-refractivity contribution >= 4 is 30.4 Å². The lowest BCUT2D eigenvalue weighted by Crippen LogP contribution is -2.10. The van der Waals surface area contributed by atoms with Gasteiger partial charge in [-0.3, -0.25) is 13.7 Å². The van der Waals surface area contributed by atoms with Crippen LogP contribution < -0.4 is 0 Å². The first-order valence-corrected chi connectivity index (χ1v) is 20.6. The van der Waals surface area contributed by atoms with Crippen molar-refractivity contribution in [2.75, 3.05) is 0 Å². The molecule has 16 heteroatoms. The van der Waals surface area contributed by atoms with Crippen LogP contribution in [0.25, 0.3) is 11.1 Å². The molecule has 8 bridgehead atoms.